The zero-order valence-corrected chi connectivity index (χ0v) is 10.5. The second-order valence-corrected chi connectivity index (χ2v) is 4.80. The fraction of sp³-hybridized carbons (Fsp3) is 0. The number of anilines is 1. The molecule has 1 aromatic heterocycles. The molecule has 0 amide bonds. The van der Waals surface area contributed by atoms with Crippen molar-refractivity contribution in [1.29, 1.82) is 0 Å². The average molecular weight is 288 g/mol. The van der Waals surface area contributed by atoms with Crippen LogP contribution in [0, 0.1) is 0 Å². The summed E-state index contributed by atoms with van der Waals surface area (Å²) in [4.78, 5) is 0. The molecule has 0 atom stereocenters. The van der Waals surface area contributed by atoms with Gasteiger partial charge in [0, 0.05) is 21.1 Å². The quantitative estimate of drug-likeness (QED) is 0.672. The van der Waals surface area contributed by atoms with Crippen molar-refractivity contribution in [1.82, 2.24) is 10.2 Å². The third kappa shape index (κ3) is 1.80. The summed E-state index contributed by atoms with van der Waals surface area (Å²) in [5.74, 6) is 0. The number of halogens is 1. The lowest BCUT2D eigenvalue weighted by Gasteiger charge is -1.98. The maximum Gasteiger partial charge on any atom is 0.0999 e. The van der Waals surface area contributed by atoms with E-state index in [4.69, 9.17) is 5.73 Å². The number of benzene rings is 2. The zero-order valence-electron chi connectivity index (χ0n) is 8.94. The summed E-state index contributed by atoms with van der Waals surface area (Å²) in [6.45, 7) is 0. The van der Waals surface area contributed by atoms with Crippen LogP contribution in [0.15, 0.2) is 46.9 Å². The van der Waals surface area contributed by atoms with Gasteiger partial charge in [0.25, 0.3) is 0 Å². The Morgan fingerprint density at radius 3 is 2.59 bits per heavy atom. The van der Waals surface area contributed by atoms with Crippen LogP contribution in [0.4, 0.5) is 5.69 Å². The number of aromatic amines is 1. The molecular weight excluding hydrogens is 278 g/mol. The number of fused-ring (bicyclic) bond motifs is 1. The van der Waals surface area contributed by atoms with E-state index in [0.717, 1.165) is 32.3 Å². The monoisotopic (exact) mass is 287 g/mol. The average Bonchev–Trinajstić information content (AvgIpc) is 2.73. The molecule has 2 aromatic carbocycles. The predicted molar refractivity (Wildman–Crippen MR) is 73.6 cm³/mol. The number of hydrogen-bond donors (Lipinski definition) is 2. The van der Waals surface area contributed by atoms with Crippen LogP contribution in [0.25, 0.3) is 22.2 Å². The highest BCUT2D eigenvalue weighted by atomic mass is 79.9. The number of H-pyrrole nitrogens is 1. The van der Waals surface area contributed by atoms with E-state index < -0.39 is 0 Å². The van der Waals surface area contributed by atoms with Crippen LogP contribution in [0.5, 0.6) is 0 Å². The van der Waals surface area contributed by atoms with Gasteiger partial charge in [-0.15, -0.1) is 0 Å². The van der Waals surface area contributed by atoms with Crippen LogP contribution in [-0.2, 0) is 0 Å². The first kappa shape index (κ1) is 10.4. The summed E-state index contributed by atoms with van der Waals surface area (Å²) in [6, 6.07) is 13.9. The first-order chi connectivity index (χ1) is 8.24. The van der Waals surface area contributed by atoms with Crippen molar-refractivity contribution in [3.63, 3.8) is 0 Å². The van der Waals surface area contributed by atoms with Gasteiger partial charge in [0.1, 0.15) is 0 Å². The fourth-order valence-electron chi connectivity index (χ4n) is 1.87. The molecule has 0 bridgehead atoms. The number of aromatic nitrogens is 2. The third-order valence-electron chi connectivity index (χ3n) is 2.70. The smallest absolute Gasteiger partial charge is 0.0999 e. The van der Waals surface area contributed by atoms with Crippen molar-refractivity contribution in [2.75, 3.05) is 5.73 Å². The molecule has 0 unspecified atom stereocenters. The fourth-order valence-corrected chi connectivity index (χ4v) is 2.13. The van der Waals surface area contributed by atoms with Crippen molar-refractivity contribution in [2.45, 2.75) is 0 Å². The Balaban J connectivity index is 2.21. The van der Waals surface area contributed by atoms with E-state index in [2.05, 4.69) is 26.1 Å². The van der Waals surface area contributed by atoms with Crippen LogP contribution in [0.3, 0.4) is 0 Å². The number of hydrogen-bond acceptors (Lipinski definition) is 2. The van der Waals surface area contributed by atoms with Gasteiger partial charge in [-0.1, -0.05) is 28.1 Å². The molecule has 0 aliphatic carbocycles. The van der Waals surface area contributed by atoms with Crippen molar-refractivity contribution in [3.05, 3.63) is 46.9 Å². The molecule has 84 valence electrons. The summed E-state index contributed by atoms with van der Waals surface area (Å²) < 4.78 is 1.06. The van der Waals surface area contributed by atoms with Gasteiger partial charge in [-0.2, -0.15) is 5.10 Å². The predicted octanol–water partition coefficient (Wildman–Crippen LogP) is 3.57. The minimum Gasteiger partial charge on any atom is -0.399 e. The normalized spacial score (nSPS) is 10.9. The molecule has 0 saturated heterocycles. The Hall–Kier alpha value is -1.81. The van der Waals surface area contributed by atoms with Crippen LogP contribution in [-0.4, -0.2) is 10.2 Å². The summed E-state index contributed by atoms with van der Waals surface area (Å²) in [7, 11) is 0. The van der Waals surface area contributed by atoms with Gasteiger partial charge in [-0.25, -0.2) is 0 Å². The molecule has 1 heterocycles. The lowest BCUT2D eigenvalue weighted by Crippen LogP contribution is -1.82. The summed E-state index contributed by atoms with van der Waals surface area (Å²) >= 11 is 3.42. The van der Waals surface area contributed by atoms with Crippen LogP contribution in [0.2, 0.25) is 0 Å². The van der Waals surface area contributed by atoms with E-state index in [0.29, 0.717) is 0 Å². The lowest BCUT2D eigenvalue weighted by molar-refractivity contribution is 1.12. The van der Waals surface area contributed by atoms with E-state index in [9.17, 15) is 0 Å². The minimum absolute atomic E-state index is 0.739. The van der Waals surface area contributed by atoms with Crippen molar-refractivity contribution in [3.8, 4) is 11.3 Å². The Bertz CT molecular complexity index is 671. The molecule has 0 aliphatic rings. The number of rotatable bonds is 1. The number of nitrogens with two attached hydrogens (primary N) is 1. The van der Waals surface area contributed by atoms with Crippen LogP contribution < -0.4 is 5.73 Å². The summed E-state index contributed by atoms with van der Waals surface area (Å²) in [5, 5.41) is 8.43. The number of nitrogen functional groups attached to an aromatic ring is 1. The lowest BCUT2D eigenvalue weighted by atomic mass is 10.1. The second-order valence-electron chi connectivity index (χ2n) is 3.88. The van der Waals surface area contributed by atoms with Crippen LogP contribution >= 0.6 is 15.9 Å². The summed E-state index contributed by atoms with van der Waals surface area (Å²) in [6.07, 6.45) is 0. The van der Waals surface area contributed by atoms with E-state index in [1.54, 1.807) is 0 Å². The van der Waals surface area contributed by atoms with Gasteiger partial charge in [0.05, 0.1) is 11.2 Å². The van der Waals surface area contributed by atoms with Crippen molar-refractivity contribution < 1.29 is 0 Å². The first-order valence-electron chi connectivity index (χ1n) is 5.23. The van der Waals surface area contributed by atoms with E-state index in [1.807, 2.05) is 42.5 Å². The molecule has 3 rings (SSSR count). The van der Waals surface area contributed by atoms with E-state index in [1.165, 1.54) is 0 Å². The van der Waals surface area contributed by atoms with E-state index >= 15 is 0 Å². The molecule has 17 heavy (non-hydrogen) atoms. The van der Waals surface area contributed by atoms with Gasteiger partial charge >= 0.3 is 0 Å². The topological polar surface area (TPSA) is 54.7 Å². The molecule has 4 heteroatoms. The second kappa shape index (κ2) is 3.89. The molecule has 0 aliphatic heterocycles. The molecular formula is C13H10BrN3. The number of nitrogens with zero attached hydrogens (tertiary/aromatic N) is 1. The highest BCUT2D eigenvalue weighted by Crippen LogP contribution is 2.28. The van der Waals surface area contributed by atoms with Crippen molar-refractivity contribution >= 4 is 32.5 Å². The molecule has 3 nitrogen and oxygen atoms in total. The highest BCUT2D eigenvalue weighted by molar-refractivity contribution is 9.10. The van der Waals surface area contributed by atoms with Crippen molar-refractivity contribution in [2.24, 2.45) is 0 Å². The van der Waals surface area contributed by atoms with Gasteiger partial charge in [0.2, 0.25) is 0 Å². The zero-order chi connectivity index (χ0) is 11.8. The maximum atomic E-state index is 5.74. The van der Waals surface area contributed by atoms with E-state index in [-0.39, 0.29) is 0 Å². The van der Waals surface area contributed by atoms with Gasteiger partial charge in [-0.3, -0.25) is 5.10 Å². The first-order valence-corrected chi connectivity index (χ1v) is 6.03. The Morgan fingerprint density at radius 2 is 1.82 bits per heavy atom. The van der Waals surface area contributed by atoms with Gasteiger partial charge in [-0.05, 0) is 30.3 Å². The molecule has 3 N–H and O–H groups in total. The molecule has 0 spiro atoms. The number of nitrogens with one attached hydrogen (secondary N) is 1. The van der Waals surface area contributed by atoms with Crippen LogP contribution in [0.1, 0.15) is 0 Å². The van der Waals surface area contributed by atoms with Gasteiger partial charge < -0.3 is 5.73 Å². The van der Waals surface area contributed by atoms with Gasteiger partial charge in [0.15, 0.2) is 0 Å². The minimum atomic E-state index is 0.739. The third-order valence-corrected chi connectivity index (χ3v) is 3.23. The Labute approximate surface area is 107 Å². The SMILES string of the molecule is Nc1ccc2c(-c3ccc(Br)cc3)n[nH]c2c1. The summed E-state index contributed by atoms with van der Waals surface area (Å²) in [5.41, 5.74) is 9.48. The maximum absolute atomic E-state index is 5.74. The molecule has 0 fully saturated rings. The Kier molecular flexibility index (Phi) is 2.37. The molecule has 0 radical (unpaired) electrons. The standard InChI is InChI=1S/C13H10BrN3/c14-9-3-1-8(2-4-9)13-11-6-5-10(15)7-12(11)16-17-13/h1-7H,15H2,(H,16,17). The molecule has 3 aromatic rings. The molecule has 0 saturated carbocycles. The largest absolute Gasteiger partial charge is 0.399 e. The Morgan fingerprint density at radius 1 is 1.06 bits per heavy atom. The highest BCUT2D eigenvalue weighted by Gasteiger charge is 2.07.